The lowest BCUT2D eigenvalue weighted by molar-refractivity contribution is -0.116. The molecule has 9 heteroatoms. The number of fused-ring (bicyclic) bond motifs is 1. The van der Waals surface area contributed by atoms with Gasteiger partial charge in [0.15, 0.2) is 15.0 Å². The second-order valence-corrected chi connectivity index (χ2v) is 9.98. The molecule has 0 saturated heterocycles. The van der Waals surface area contributed by atoms with E-state index < -0.39 is 27.3 Å². The van der Waals surface area contributed by atoms with Crippen molar-refractivity contribution in [3.8, 4) is 0 Å². The van der Waals surface area contributed by atoms with Gasteiger partial charge in [0.25, 0.3) is 0 Å². The second-order valence-electron chi connectivity index (χ2n) is 6.98. The van der Waals surface area contributed by atoms with Crippen molar-refractivity contribution in [2.24, 2.45) is 0 Å². The number of rotatable bonds is 7. The zero-order valence-electron chi connectivity index (χ0n) is 16.4. The molecule has 0 bridgehead atoms. The topological polar surface area (TPSA) is 70.6 Å². The molecule has 0 atom stereocenters. The maximum Gasteiger partial charge on any atom is 0.244 e. The molecule has 0 unspecified atom stereocenters. The SMILES string of the molecule is Cc1cccc2sc(N(CCN(C)C)C(=O)CS(=O)(=O)c3ccc(F)cc3)nc12. The number of benzene rings is 2. The van der Waals surface area contributed by atoms with Crippen molar-refractivity contribution >= 4 is 42.4 Å². The van der Waals surface area contributed by atoms with Crippen molar-refractivity contribution in [3.63, 3.8) is 0 Å². The molecule has 3 aromatic rings. The van der Waals surface area contributed by atoms with Crippen LogP contribution in [0.3, 0.4) is 0 Å². The van der Waals surface area contributed by atoms with Crippen LogP contribution in [-0.2, 0) is 14.6 Å². The standard InChI is InChI=1S/C20H22FN3O3S2/c1-14-5-4-6-17-19(14)22-20(28-17)24(12-11-23(2)3)18(25)13-29(26,27)16-9-7-15(21)8-10-16/h4-10H,11-13H2,1-3H3. The van der Waals surface area contributed by atoms with E-state index in [1.165, 1.54) is 28.4 Å². The fraction of sp³-hybridized carbons (Fsp3) is 0.300. The van der Waals surface area contributed by atoms with Crippen molar-refractivity contribution in [2.45, 2.75) is 11.8 Å². The van der Waals surface area contributed by atoms with Crippen molar-refractivity contribution in [1.29, 1.82) is 0 Å². The summed E-state index contributed by atoms with van der Waals surface area (Å²) in [6.45, 7) is 2.80. The molecule has 0 radical (unpaired) electrons. The summed E-state index contributed by atoms with van der Waals surface area (Å²) in [6.07, 6.45) is 0. The molecule has 0 spiro atoms. The number of carbonyl (C=O) groups is 1. The molecule has 3 rings (SSSR count). The number of sulfone groups is 1. The summed E-state index contributed by atoms with van der Waals surface area (Å²) in [6, 6.07) is 10.3. The van der Waals surface area contributed by atoms with Crippen LogP contribution in [-0.4, -0.2) is 57.1 Å². The van der Waals surface area contributed by atoms with E-state index in [1.807, 2.05) is 44.1 Å². The Balaban J connectivity index is 1.92. The third kappa shape index (κ3) is 4.98. The van der Waals surface area contributed by atoms with Crippen LogP contribution >= 0.6 is 11.3 Å². The fourth-order valence-corrected chi connectivity index (χ4v) is 5.07. The number of anilines is 1. The molecule has 2 aromatic carbocycles. The van der Waals surface area contributed by atoms with Crippen LogP contribution in [0.25, 0.3) is 10.2 Å². The van der Waals surface area contributed by atoms with Crippen LogP contribution < -0.4 is 4.90 Å². The van der Waals surface area contributed by atoms with Crippen LogP contribution in [0.1, 0.15) is 5.56 Å². The third-order valence-corrected chi connectivity index (χ3v) is 7.06. The molecule has 154 valence electrons. The molecule has 1 aromatic heterocycles. The van der Waals surface area contributed by atoms with E-state index in [4.69, 9.17) is 0 Å². The molecule has 0 N–H and O–H groups in total. The summed E-state index contributed by atoms with van der Waals surface area (Å²) >= 11 is 1.35. The van der Waals surface area contributed by atoms with Gasteiger partial charge >= 0.3 is 0 Å². The maximum atomic E-state index is 13.1. The average Bonchev–Trinajstić information content (AvgIpc) is 3.07. The summed E-state index contributed by atoms with van der Waals surface area (Å²) < 4.78 is 39.4. The van der Waals surface area contributed by atoms with Gasteiger partial charge in [0.2, 0.25) is 5.91 Å². The Kier molecular flexibility index (Phi) is 6.30. The van der Waals surface area contributed by atoms with Crippen molar-refractivity contribution < 1.29 is 17.6 Å². The van der Waals surface area contributed by atoms with E-state index in [0.717, 1.165) is 27.9 Å². The molecule has 1 heterocycles. The number of aromatic nitrogens is 1. The number of hydrogen-bond acceptors (Lipinski definition) is 6. The van der Waals surface area contributed by atoms with Crippen LogP contribution in [0, 0.1) is 12.7 Å². The van der Waals surface area contributed by atoms with Crippen molar-refractivity contribution in [2.75, 3.05) is 37.8 Å². The first-order valence-corrected chi connectivity index (χ1v) is 11.4. The number of likely N-dealkylation sites (N-methyl/N-ethyl adjacent to an activating group) is 1. The van der Waals surface area contributed by atoms with Gasteiger partial charge < -0.3 is 4.90 Å². The molecular formula is C20H22FN3O3S2. The number of amides is 1. The number of nitrogens with zero attached hydrogens (tertiary/aromatic N) is 3. The number of hydrogen-bond donors (Lipinski definition) is 0. The van der Waals surface area contributed by atoms with Crippen molar-refractivity contribution in [3.05, 3.63) is 53.8 Å². The molecule has 29 heavy (non-hydrogen) atoms. The fourth-order valence-electron chi connectivity index (χ4n) is 2.78. The first-order valence-electron chi connectivity index (χ1n) is 8.97. The first kappa shape index (κ1) is 21.4. The minimum atomic E-state index is -3.90. The zero-order chi connectivity index (χ0) is 21.2. The highest BCUT2D eigenvalue weighted by molar-refractivity contribution is 7.92. The van der Waals surface area contributed by atoms with E-state index in [1.54, 1.807) is 0 Å². The molecule has 0 fully saturated rings. The normalized spacial score (nSPS) is 11.9. The van der Waals surface area contributed by atoms with E-state index in [0.29, 0.717) is 18.2 Å². The van der Waals surface area contributed by atoms with Gasteiger partial charge in [-0.3, -0.25) is 9.69 Å². The Morgan fingerprint density at radius 2 is 1.79 bits per heavy atom. The Bertz CT molecular complexity index is 1130. The highest BCUT2D eigenvalue weighted by Crippen LogP contribution is 2.31. The van der Waals surface area contributed by atoms with Crippen molar-refractivity contribution in [1.82, 2.24) is 9.88 Å². The molecule has 0 aliphatic carbocycles. The van der Waals surface area contributed by atoms with Gasteiger partial charge in [0.05, 0.1) is 15.1 Å². The first-order chi connectivity index (χ1) is 13.7. The molecule has 0 saturated carbocycles. The van der Waals surface area contributed by atoms with Crippen LogP contribution in [0.15, 0.2) is 47.4 Å². The second kappa shape index (κ2) is 8.56. The number of para-hydroxylation sites is 1. The smallest absolute Gasteiger partial charge is 0.244 e. The summed E-state index contributed by atoms with van der Waals surface area (Å²) in [5, 5.41) is 0.468. The molecule has 1 amide bonds. The molecule has 0 aliphatic rings. The Morgan fingerprint density at radius 3 is 2.41 bits per heavy atom. The van der Waals surface area contributed by atoms with Crippen LogP contribution in [0.5, 0.6) is 0 Å². The molecule has 6 nitrogen and oxygen atoms in total. The largest absolute Gasteiger partial charge is 0.308 e. The van der Waals surface area contributed by atoms with Gasteiger partial charge in [-0.25, -0.2) is 17.8 Å². The quantitative estimate of drug-likeness (QED) is 0.534. The third-order valence-electron chi connectivity index (χ3n) is 4.40. The zero-order valence-corrected chi connectivity index (χ0v) is 18.1. The summed E-state index contributed by atoms with van der Waals surface area (Å²) in [5.41, 5.74) is 1.79. The highest BCUT2D eigenvalue weighted by Gasteiger charge is 2.26. The number of aryl methyl sites for hydroxylation is 1. The minimum absolute atomic E-state index is 0.0834. The van der Waals surface area contributed by atoms with E-state index in [2.05, 4.69) is 4.98 Å². The minimum Gasteiger partial charge on any atom is -0.308 e. The Hall–Kier alpha value is -2.36. The lowest BCUT2D eigenvalue weighted by Gasteiger charge is -2.22. The predicted molar refractivity (Wildman–Crippen MR) is 114 cm³/mol. The van der Waals surface area contributed by atoms with Gasteiger partial charge in [-0.15, -0.1) is 0 Å². The Morgan fingerprint density at radius 1 is 1.10 bits per heavy atom. The van der Waals surface area contributed by atoms with Gasteiger partial charge in [-0.2, -0.15) is 0 Å². The molecular weight excluding hydrogens is 413 g/mol. The van der Waals surface area contributed by atoms with Crippen LogP contribution in [0.4, 0.5) is 9.52 Å². The number of thiazole rings is 1. The Labute approximate surface area is 173 Å². The summed E-state index contributed by atoms with van der Waals surface area (Å²) in [5.74, 6) is -1.80. The van der Waals surface area contributed by atoms with Crippen LogP contribution in [0.2, 0.25) is 0 Å². The number of halogens is 1. The maximum absolute atomic E-state index is 13.1. The van der Waals surface area contributed by atoms with E-state index in [-0.39, 0.29) is 4.90 Å². The average molecular weight is 436 g/mol. The molecule has 0 aliphatic heterocycles. The number of carbonyl (C=O) groups excluding carboxylic acids is 1. The lowest BCUT2D eigenvalue weighted by atomic mass is 10.2. The van der Waals surface area contributed by atoms with E-state index in [9.17, 15) is 17.6 Å². The van der Waals surface area contributed by atoms with Gasteiger partial charge in [0.1, 0.15) is 11.6 Å². The predicted octanol–water partition coefficient (Wildman–Crippen LogP) is 3.11. The lowest BCUT2D eigenvalue weighted by Crippen LogP contribution is -2.40. The van der Waals surface area contributed by atoms with E-state index >= 15 is 0 Å². The van der Waals surface area contributed by atoms with Gasteiger partial charge in [-0.1, -0.05) is 23.5 Å². The monoisotopic (exact) mass is 435 g/mol. The summed E-state index contributed by atoms with van der Waals surface area (Å²) in [7, 11) is -0.150. The van der Waals surface area contributed by atoms with Gasteiger partial charge in [0, 0.05) is 13.1 Å². The van der Waals surface area contributed by atoms with Gasteiger partial charge in [-0.05, 0) is 56.9 Å². The highest BCUT2D eigenvalue weighted by atomic mass is 32.2. The summed E-state index contributed by atoms with van der Waals surface area (Å²) in [4.78, 5) is 20.8.